The highest BCUT2D eigenvalue weighted by Gasteiger charge is 2.33. The molecule has 3 fully saturated rings. The molecule has 0 radical (unpaired) electrons. The number of amides is 1. The first kappa shape index (κ1) is 29.9. The number of hydrogen-bond donors (Lipinski definition) is 1. The number of aromatic nitrogens is 2. The number of ether oxygens (including phenoxy) is 1. The van der Waals surface area contributed by atoms with Crippen molar-refractivity contribution < 1.29 is 19.4 Å². The van der Waals surface area contributed by atoms with E-state index in [1.807, 2.05) is 29.3 Å². The van der Waals surface area contributed by atoms with Crippen molar-refractivity contribution in [3.8, 4) is 22.9 Å². The summed E-state index contributed by atoms with van der Waals surface area (Å²) in [6.45, 7) is 0.678. The molecule has 1 amide bonds. The molecule has 6 rings (SSSR count). The minimum Gasteiger partial charge on any atom is -0.495 e. The van der Waals surface area contributed by atoms with Gasteiger partial charge in [-0.1, -0.05) is 18.2 Å². The van der Waals surface area contributed by atoms with Crippen molar-refractivity contribution in [3.05, 3.63) is 66.0 Å². The van der Waals surface area contributed by atoms with Crippen LogP contribution in [0.15, 0.2) is 54.9 Å². The monoisotopic (exact) mass is 594 g/mol. The predicted molar refractivity (Wildman–Crippen MR) is 168 cm³/mol. The number of carboxylic acid groups (broad SMARTS) is 1. The van der Waals surface area contributed by atoms with Gasteiger partial charge in [0, 0.05) is 36.3 Å². The molecule has 44 heavy (non-hydrogen) atoms. The Morgan fingerprint density at radius 2 is 1.73 bits per heavy atom. The second kappa shape index (κ2) is 13.3. The Labute approximate surface area is 259 Å². The van der Waals surface area contributed by atoms with Crippen LogP contribution in [0.1, 0.15) is 93.7 Å². The van der Waals surface area contributed by atoms with Gasteiger partial charge in [0.2, 0.25) is 5.91 Å². The minimum atomic E-state index is -0.752. The fourth-order valence-corrected chi connectivity index (χ4v) is 7.29. The van der Waals surface area contributed by atoms with Gasteiger partial charge in [0.25, 0.3) is 0 Å². The van der Waals surface area contributed by atoms with Gasteiger partial charge in [-0.05, 0) is 117 Å². The van der Waals surface area contributed by atoms with Crippen molar-refractivity contribution in [2.24, 2.45) is 17.8 Å². The van der Waals surface area contributed by atoms with Crippen LogP contribution in [0.5, 0.6) is 5.75 Å². The van der Waals surface area contributed by atoms with Gasteiger partial charge < -0.3 is 14.7 Å². The van der Waals surface area contributed by atoms with E-state index in [2.05, 4.69) is 46.3 Å². The summed E-state index contributed by atoms with van der Waals surface area (Å²) in [5.74, 6) is 0.876. The van der Waals surface area contributed by atoms with Gasteiger partial charge in [-0.15, -0.1) is 0 Å². The molecule has 8 nitrogen and oxygen atoms in total. The Kier molecular flexibility index (Phi) is 9.02. The number of nitriles is 1. The lowest BCUT2D eigenvalue weighted by Gasteiger charge is -2.36. The standard InChI is InChI=1S/C36H42N4O4/c1-44-34-16-13-29(18-30(34)20-37)26-9-7-25(8-10-26)22-39(36(43)27-11-5-24(6-12-27)17-35(41)42)33-4-2-3-28(19-33)31-21-38-40(23-31)32-14-15-32/h2-4,13,16,18-19,21,23-27,32H,5-12,14-15,17,22H2,1H3,(H,41,42). The molecule has 3 aliphatic carbocycles. The van der Waals surface area contributed by atoms with Gasteiger partial charge in [-0.2, -0.15) is 10.4 Å². The third-order valence-electron chi connectivity index (χ3n) is 10.0. The van der Waals surface area contributed by atoms with E-state index in [4.69, 9.17) is 4.74 Å². The lowest BCUT2D eigenvalue weighted by Crippen LogP contribution is -2.41. The minimum absolute atomic E-state index is 0.0821. The smallest absolute Gasteiger partial charge is 0.303 e. The maximum absolute atomic E-state index is 14.2. The molecular formula is C36H42N4O4. The zero-order valence-corrected chi connectivity index (χ0v) is 25.5. The first-order chi connectivity index (χ1) is 21.4. The third kappa shape index (κ3) is 6.83. The molecule has 1 aromatic heterocycles. The molecule has 0 atom stereocenters. The molecule has 8 heteroatoms. The van der Waals surface area contributed by atoms with Crippen molar-refractivity contribution in [2.75, 3.05) is 18.6 Å². The fraction of sp³-hybridized carbons (Fsp3) is 0.500. The molecule has 3 saturated carbocycles. The molecule has 230 valence electrons. The first-order valence-corrected chi connectivity index (χ1v) is 16.2. The number of rotatable bonds is 10. The summed E-state index contributed by atoms with van der Waals surface area (Å²) in [4.78, 5) is 27.5. The Morgan fingerprint density at radius 3 is 2.41 bits per heavy atom. The van der Waals surface area contributed by atoms with Crippen LogP contribution in [0.4, 0.5) is 5.69 Å². The van der Waals surface area contributed by atoms with Crippen LogP contribution in [0.25, 0.3) is 11.1 Å². The average Bonchev–Trinajstić information content (AvgIpc) is 3.79. The van der Waals surface area contributed by atoms with E-state index in [1.54, 1.807) is 7.11 Å². The largest absolute Gasteiger partial charge is 0.495 e. The summed E-state index contributed by atoms with van der Waals surface area (Å²) in [5, 5.41) is 23.4. The summed E-state index contributed by atoms with van der Waals surface area (Å²) >= 11 is 0. The van der Waals surface area contributed by atoms with Crippen LogP contribution >= 0.6 is 0 Å². The first-order valence-electron chi connectivity index (χ1n) is 16.2. The number of carboxylic acids is 1. The molecule has 2 aromatic carbocycles. The number of benzene rings is 2. The van der Waals surface area contributed by atoms with Crippen LogP contribution < -0.4 is 9.64 Å². The fourth-order valence-electron chi connectivity index (χ4n) is 7.29. The van der Waals surface area contributed by atoms with Crippen molar-refractivity contribution in [1.82, 2.24) is 9.78 Å². The topological polar surface area (TPSA) is 108 Å². The van der Waals surface area contributed by atoms with Gasteiger partial charge in [0.15, 0.2) is 0 Å². The van der Waals surface area contributed by atoms with Crippen LogP contribution in [0, 0.1) is 29.1 Å². The zero-order valence-electron chi connectivity index (χ0n) is 25.5. The lowest BCUT2D eigenvalue weighted by atomic mass is 9.77. The van der Waals surface area contributed by atoms with Crippen LogP contribution in [0.3, 0.4) is 0 Å². The van der Waals surface area contributed by atoms with Crippen LogP contribution in [-0.4, -0.2) is 40.4 Å². The van der Waals surface area contributed by atoms with Gasteiger partial charge >= 0.3 is 5.97 Å². The van der Waals surface area contributed by atoms with Crippen LogP contribution in [-0.2, 0) is 9.59 Å². The highest BCUT2D eigenvalue weighted by molar-refractivity contribution is 5.95. The molecule has 0 bridgehead atoms. The number of anilines is 1. The van der Waals surface area contributed by atoms with E-state index in [0.29, 0.717) is 35.7 Å². The SMILES string of the molecule is COc1ccc(C2CCC(CN(C(=O)C3CCC(CC(=O)O)CC3)c3cccc(-c4cnn(C5CC5)c4)c3)CC2)cc1C#N. The van der Waals surface area contributed by atoms with Crippen LogP contribution in [0.2, 0.25) is 0 Å². The second-order valence-corrected chi connectivity index (χ2v) is 13.0. The summed E-state index contributed by atoms with van der Waals surface area (Å²) in [6, 6.07) is 17.0. The molecule has 3 aromatic rings. The predicted octanol–water partition coefficient (Wildman–Crippen LogP) is 7.35. The van der Waals surface area contributed by atoms with Gasteiger partial charge in [0.1, 0.15) is 11.8 Å². The summed E-state index contributed by atoms with van der Waals surface area (Å²) in [5.41, 5.74) is 4.82. The van der Waals surface area contributed by atoms with Gasteiger partial charge in [-0.3, -0.25) is 14.3 Å². The molecule has 1 N–H and O–H groups in total. The van der Waals surface area contributed by atoms with E-state index in [9.17, 15) is 20.0 Å². The molecular weight excluding hydrogens is 552 g/mol. The van der Waals surface area contributed by atoms with Crippen molar-refractivity contribution in [2.45, 2.75) is 82.6 Å². The summed E-state index contributed by atoms with van der Waals surface area (Å²) < 4.78 is 7.39. The quantitative estimate of drug-likeness (QED) is 0.263. The van der Waals surface area contributed by atoms with E-state index in [-0.39, 0.29) is 24.2 Å². The molecule has 0 aliphatic heterocycles. The Balaban J connectivity index is 1.18. The van der Waals surface area contributed by atoms with E-state index in [0.717, 1.165) is 68.2 Å². The number of carbonyl (C=O) groups excluding carboxylic acids is 1. The molecule has 0 saturated heterocycles. The van der Waals surface area contributed by atoms with Crippen molar-refractivity contribution >= 4 is 17.6 Å². The summed E-state index contributed by atoms with van der Waals surface area (Å²) in [6.07, 6.45) is 13.7. The highest BCUT2D eigenvalue weighted by atomic mass is 16.5. The lowest BCUT2D eigenvalue weighted by molar-refractivity contribution is -0.138. The maximum atomic E-state index is 14.2. The number of hydrogen-bond acceptors (Lipinski definition) is 5. The Hall–Kier alpha value is -4.12. The zero-order chi connectivity index (χ0) is 30.6. The van der Waals surface area contributed by atoms with Gasteiger partial charge in [-0.25, -0.2) is 0 Å². The highest BCUT2D eigenvalue weighted by Crippen LogP contribution is 2.40. The molecule has 3 aliphatic rings. The normalized spacial score (nSPS) is 23.5. The number of nitrogens with zero attached hydrogens (tertiary/aromatic N) is 4. The maximum Gasteiger partial charge on any atom is 0.303 e. The molecule has 0 unspecified atom stereocenters. The third-order valence-corrected chi connectivity index (χ3v) is 10.0. The number of methoxy groups -OCH3 is 1. The van der Waals surface area contributed by atoms with E-state index < -0.39 is 5.97 Å². The van der Waals surface area contributed by atoms with E-state index in [1.165, 1.54) is 18.4 Å². The number of carbonyl (C=O) groups is 2. The Bertz CT molecular complexity index is 1520. The van der Waals surface area contributed by atoms with Gasteiger partial charge in [0.05, 0.1) is 24.9 Å². The summed E-state index contributed by atoms with van der Waals surface area (Å²) in [7, 11) is 1.59. The van der Waals surface area contributed by atoms with Crippen molar-refractivity contribution in [1.29, 1.82) is 5.26 Å². The Morgan fingerprint density at radius 1 is 0.977 bits per heavy atom. The second-order valence-electron chi connectivity index (χ2n) is 13.0. The van der Waals surface area contributed by atoms with Crippen molar-refractivity contribution in [3.63, 3.8) is 0 Å². The molecule has 0 spiro atoms. The van der Waals surface area contributed by atoms with E-state index >= 15 is 0 Å². The number of aliphatic carboxylic acids is 1. The molecule has 1 heterocycles. The average molecular weight is 595 g/mol.